The van der Waals surface area contributed by atoms with Crippen LogP contribution in [0.4, 0.5) is 5.82 Å². The summed E-state index contributed by atoms with van der Waals surface area (Å²) in [6, 6.07) is 35.9. The second-order valence-electron chi connectivity index (χ2n) is 11.4. The molecule has 11 nitrogen and oxygen atoms in total. The van der Waals surface area contributed by atoms with E-state index in [2.05, 4.69) is 15.0 Å². The molecule has 244 valence electrons. The first-order valence-electron chi connectivity index (χ1n) is 15.8. The fourth-order valence-corrected chi connectivity index (χ4v) is 5.73. The standard InChI is InChI=1S/C38H31N5O6/c44-36(27-15-7-2-8-16-27)42(22-26-13-5-1-6-14-26)34-33-35(40-24-39-34)43(25-41-33)32-21-30(49-38(46)29-19-11-4-12-20-29)31(48-32)23-47-37(45)28-17-9-3-10-18-28/h1-20,24-25,30-32H,21-23H2/t30-,31+,32+/m0/s1. The molecule has 0 saturated carbocycles. The predicted molar refractivity (Wildman–Crippen MR) is 180 cm³/mol. The molecule has 6 aromatic rings. The van der Waals surface area contributed by atoms with Gasteiger partial charge in [0.05, 0.1) is 24.0 Å². The molecule has 0 aliphatic carbocycles. The van der Waals surface area contributed by atoms with E-state index in [0.717, 1.165) is 5.56 Å². The zero-order chi connectivity index (χ0) is 33.6. The fraction of sp³-hybridized carbons (Fsp3) is 0.158. The van der Waals surface area contributed by atoms with Gasteiger partial charge >= 0.3 is 11.9 Å². The highest BCUT2D eigenvalue weighted by molar-refractivity contribution is 6.08. The second kappa shape index (κ2) is 14.3. The maximum absolute atomic E-state index is 13.9. The lowest BCUT2D eigenvalue weighted by Gasteiger charge is -2.22. The van der Waals surface area contributed by atoms with Gasteiger partial charge < -0.3 is 14.2 Å². The molecule has 3 atom stereocenters. The van der Waals surface area contributed by atoms with Crippen LogP contribution in [-0.4, -0.2) is 56.2 Å². The summed E-state index contributed by atoms with van der Waals surface area (Å²) in [5, 5.41) is 0. The molecule has 4 aromatic carbocycles. The molecule has 2 aromatic heterocycles. The quantitative estimate of drug-likeness (QED) is 0.163. The van der Waals surface area contributed by atoms with Crippen LogP contribution in [0.25, 0.3) is 11.2 Å². The second-order valence-corrected chi connectivity index (χ2v) is 11.4. The lowest BCUT2D eigenvalue weighted by molar-refractivity contribution is -0.0563. The third kappa shape index (κ3) is 6.92. The Morgan fingerprint density at radius 2 is 1.33 bits per heavy atom. The SMILES string of the molecule is O=C(OC[C@H]1O[C@@H](n2cnc3c(N(Cc4ccccc4)C(=O)c4ccccc4)ncnc32)C[C@@H]1OC(=O)c1ccccc1)c1ccccc1. The molecular weight excluding hydrogens is 622 g/mol. The summed E-state index contributed by atoms with van der Waals surface area (Å²) < 4.78 is 19.6. The monoisotopic (exact) mass is 653 g/mol. The summed E-state index contributed by atoms with van der Waals surface area (Å²) in [7, 11) is 0. The van der Waals surface area contributed by atoms with Crippen LogP contribution in [0.5, 0.6) is 0 Å². The first-order chi connectivity index (χ1) is 24.0. The van der Waals surface area contributed by atoms with Crippen molar-refractivity contribution in [2.24, 2.45) is 0 Å². The Labute approximate surface area is 281 Å². The van der Waals surface area contributed by atoms with Gasteiger partial charge in [0.25, 0.3) is 5.91 Å². The van der Waals surface area contributed by atoms with E-state index in [1.54, 1.807) is 76.5 Å². The van der Waals surface area contributed by atoms with Crippen molar-refractivity contribution in [2.75, 3.05) is 11.5 Å². The summed E-state index contributed by atoms with van der Waals surface area (Å²) in [6.45, 7) is 0.0973. The van der Waals surface area contributed by atoms with Crippen molar-refractivity contribution >= 4 is 34.8 Å². The van der Waals surface area contributed by atoms with Crippen molar-refractivity contribution in [1.82, 2.24) is 19.5 Å². The van der Waals surface area contributed by atoms with Gasteiger partial charge in [-0.3, -0.25) is 14.3 Å². The van der Waals surface area contributed by atoms with Crippen molar-refractivity contribution in [2.45, 2.75) is 31.4 Å². The molecule has 3 heterocycles. The summed E-state index contributed by atoms with van der Waals surface area (Å²) in [5.74, 6) is -0.956. The number of fused-ring (bicyclic) bond motifs is 1. The van der Waals surface area contributed by atoms with Crippen LogP contribution in [0.2, 0.25) is 0 Å². The number of esters is 2. The van der Waals surface area contributed by atoms with E-state index in [9.17, 15) is 14.4 Å². The van der Waals surface area contributed by atoms with E-state index in [1.165, 1.54) is 6.33 Å². The van der Waals surface area contributed by atoms with Gasteiger partial charge in [-0.15, -0.1) is 0 Å². The van der Waals surface area contributed by atoms with E-state index in [-0.39, 0.29) is 25.5 Å². The number of hydrogen-bond donors (Lipinski definition) is 0. The summed E-state index contributed by atoms with van der Waals surface area (Å²) in [5.41, 5.74) is 3.00. The number of nitrogens with zero attached hydrogens (tertiary/aromatic N) is 5. The van der Waals surface area contributed by atoms with E-state index in [0.29, 0.717) is 33.7 Å². The van der Waals surface area contributed by atoms with Crippen molar-refractivity contribution in [3.8, 4) is 0 Å². The highest BCUT2D eigenvalue weighted by Gasteiger charge is 2.41. The number of anilines is 1. The van der Waals surface area contributed by atoms with E-state index in [4.69, 9.17) is 14.2 Å². The normalized spacial score (nSPS) is 17.0. The Balaban J connectivity index is 1.18. The molecule has 0 N–H and O–H groups in total. The number of aromatic nitrogens is 4. The van der Waals surface area contributed by atoms with Crippen LogP contribution in [0, 0.1) is 0 Å². The van der Waals surface area contributed by atoms with Crippen LogP contribution in [-0.2, 0) is 20.8 Å². The number of ether oxygens (including phenoxy) is 3. The molecule has 11 heteroatoms. The number of carbonyl (C=O) groups excluding carboxylic acids is 3. The molecule has 0 spiro atoms. The Morgan fingerprint density at radius 1 is 0.735 bits per heavy atom. The Bertz CT molecular complexity index is 2060. The van der Waals surface area contributed by atoms with Gasteiger partial charge in [0.2, 0.25) is 0 Å². The average molecular weight is 654 g/mol. The average Bonchev–Trinajstić information content (AvgIpc) is 3.78. The molecule has 1 fully saturated rings. The van der Waals surface area contributed by atoms with Gasteiger partial charge in [0.1, 0.15) is 31.4 Å². The van der Waals surface area contributed by atoms with Gasteiger partial charge in [-0.2, -0.15) is 0 Å². The van der Waals surface area contributed by atoms with Crippen LogP contribution in [0.1, 0.15) is 49.3 Å². The maximum Gasteiger partial charge on any atom is 0.338 e. The van der Waals surface area contributed by atoms with Crippen molar-refractivity contribution in [3.63, 3.8) is 0 Å². The fourth-order valence-electron chi connectivity index (χ4n) is 5.73. The molecule has 1 amide bonds. The summed E-state index contributed by atoms with van der Waals surface area (Å²) in [6.07, 6.45) is 0.956. The number of carbonyl (C=O) groups is 3. The van der Waals surface area contributed by atoms with E-state index in [1.807, 2.05) is 60.7 Å². The van der Waals surface area contributed by atoms with Gasteiger partial charge in [-0.05, 0) is 42.0 Å². The highest BCUT2D eigenvalue weighted by Crippen LogP contribution is 2.35. The number of rotatable bonds is 10. The molecule has 0 unspecified atom stereocenters. The van der Waals surface area contributed by atoms with Crippen molar-refractivity contribution in [3.05, 3.63) is 156 Å². The first kappa shape index (κ1) is 31.4. The van der Waals surface area contributed by atoms with Gasteiger partial charge in [-0.1, -0.05) is 84.9 Å². The number of benzene rings is 4. The highest BCUT2D eigenvalue weighted by atomic mass is 16.6. The van der Waals surface area contributed by atoms with Crippen molar-refractivity contribution in [1.29, 1.82) is 0 Å². The zero-order valence-electron chi connectivity index (χ0n) is 26.2. The van der Waals surface area contributed by atoms with E-state index < -0.39 is 30.4 Å². The molecule has 49 heavy (non-hydrogen) atoms. The van der Waals surface area contributed by atoms with Crippen LogP contribution >= 0.6 is 0 Å². The maximum atomic E-state index is 13.9. The Kier molecular flexibility index (Phi) is 9.15. The minimum absolute atomic E-state index is 0.153. The smallest absolute Gasteiger partial charge is 0.338 e. The van der Waals surface area contributed by atoms with Gasteiger partial charge in [-0.25, -0.2) is 24.5 Å². The topological polar surface area (TPSA) is 126 Å². The minimum Gasteiger partial charge on any atom is -0.459 e. The number of hydrogen-bond acceptors (Lipinski definition) is 9. The Morgan fingerprint density at radius 3 is 1.98 bits per heavy atom. The van der Waals surface area contributed by atoms with Crippen LogP contribution in [0.3, 0.4) is 0 Å². The summed E-state index contributed by atoms with van der Waals surface area (Å²) >= 11 is 0. The molecule has 1 saturated heterocycles. The molecule has 1 aliphatic heterocycles. The zero-order valence-corrected chi connectivity index (χ0v) is 26.2. The molecule has 7 rings (SSSR count). The van der Waals surface area contributed by atoms with Crippen LogP contribution in [0.15, 0.2) is 134 Å². The molecule has 1 aliphatic rings. The third-order valence-electron chi connectivity index (χ3n) is 8.19. The summed E-state index contributed by atoms with van der Waals surface area (Å²) in [4.78, 5) is 55.0. The van der Waals surface area contributed by atoms with Gasteiger partial charge in [0, 0.05) is 12.0 Å². The molecule has 0 bridgehead atoms. The Hall–Kier alpha value is -6.20. The van der Waals surface area contributed by atoms with E-state index >= 15 is 0 Å². The predicted octanol–water partition coefficient (Wildman–Crippen LogP) is 6.04. The van der Waals surface area contributed by atoms with Crippen molar-refractivity contribution < 1.29 is 28.6 Å². The van der Waals surface area contributed by atoms with Gasteiger partial charge in [0.15, 0.2) is 17.0 Å². The lowest BCUT2D eigenvalue weighted by atomic mass is 10.1. The first-order valence-corrected chi connectivity index (χ1v) is 15.8. The number of amides is 1. The largest absolute Gasteiger partial charge is 0.459 e. The van der Waals surface area contributed by atoms with Crippen LogP contribution < -0.4 is 4.90 Å². The number of imidazole rings is 1. The molecular formula is C38H31N5O6. The lowest BCUT2D eigenvalue weighted by Crippen LogP contribution is -2.32. The third-order valence-corrected chi connectivity index (χ3v) is 8.19. The molecule has 0 radical (unpaired) electrons. The minimum atomic E-state index is -0.779.